The van der Waals surface area contributed by atoms with E-state index >= 15 is 0 Å². The van der Waals surface area contributed by atoms with Crippen LogP contribution in [0.15, 0.2) is 60.7 Å². The Morgan fingerprint density at radius 1 is 0.692 bits per heavy atom. The largest absolute Gasteiger partial charge is 0.394 e. The Bertz CT molecular complexity index is 606. The van der Waals surface area contributed by atoms with E-state index in [0.717, 1.165) is 11.1 Å². The van der Waals surface area contributed by atoms with E-state index in [2.05, 4.69) is 0 Å². The van der Waals surface area contributed by atoms with Gasteiger partial charge in [-0.1, -0.05) is 60.7 Å². The molecule has 26 heavy (non-hydrogen) atoms. The van der Waals surface area contributed by atoms with Gasteiger partial charge in [0.15, 0.2) is 0 Å². The van der Waals surface area contributed by atoms with Crippen LogP contribution in [-0.4, -0.2) is 67.3 Å². The first-order valence-corrected chi connectivity index (χ1v) is 8.51. The van der Waals surface area contributed by atoms with Crippen molar-refractivity contribution in [3.63, 3.8) is 0 Å². The quantitative estimate of drug-likeness (QED) is 0.362. The summed E-state index contributed by atoms with van der Waals surface area (Å²) in [5.41, 5.74) is -0.304. The van der Waals surface area contributed by atoms with E-state index < -0.39 is 36.6 Å². The first kappa shape index (κ1) is 20.5. The van der Waals surface area contributed by atoms with Crippen LogP contribution in [0.4, 0.5) is 0 Å². The molecule has 4 atom stereocenters. The summed E-state index contributed by atoms with van der Waals surface area (Å²) < 4.78 is 0. The van der Waals surface area contributed by atoms with Crippen LogP contribution in [0.3, 0.4) is 0 Å². The Morgan fingerprint density at radius 3 is 1.50 bits per heavy atom. The van der Waals surface area contributed by atoms with Crippen LogP contribution in [0, 0.1) is 0 Å². The van der Waals surface area contributed by atoms with Crippen LogP contribution in [0.25, 0.3) is 0 Å². The fraction of sp³-hybridized carbons (Fsp3) is 0.400. The maximum Gasteiger partial charge on any atom is 0.112 e. The van der Waals surface area contributed by atoms with Crippen LogP contribution in [0.1, 0.15) is 11.1 Å². The van der Waals surface area contributed by atoms with Crippen molar-refractivity contribution < 1.29 is 30.6 Å². The number of rotatable bonds is 9. The SMILES string of the molecule is OCC(O)C(O)C(O)C(O)C(O)(Cc1ccccc1)Cc1ccccc1. The Labute approximate surface area is 152 Å². The molecule has 6 N–H and O–H groups in total. The van der Waals surface area contributed by atoms with Crippen molar-refractivity contribution in [1.29, 1.82) is 0 Å². The molecule has 0 spiro atoms. The lowest BCUT2D eigenvalue weighted by atomic mass is 9.79. The van der Waals surface area contributed by atoms with Gasteiger partial charge in [0.2, 0.25) is 0 Å². The smallest absolute Gasteiger partial charge is 0.112 e. The van der Waals surface area contributed by atoms with Crippen molar-refractivity contribution >= 4 is 0 Å². The van der Waals surface area contributed by atoms with Gasteiger partial charge in [-0.25, -0.2) is 0 Å². The van der Waals surface area contributed by atoms with Crippen LogP contribution < -0.4 is 0 Å². The molecule has 0 fully saturated rings. The first-order chi connectivity index (χ1) is 12.4. The van der Waals surface area contributed by atoms with Gasteiger partial charge >= 0.3 is 0 Å². The number of hydrogen-bond donors (Lipinski definition) is 6. The molecule has 4 unspecified atom stereocenters. The molecule has 0 saturated carbocycles. The molecule has 0 radical (unpaired) electrons. The fourth-order valence-corrected chi connectivity index (χ4v) is 3.01. The van der Waals surface area contributed by atoms with Crippen molar-refractivity contribution in [3.05, 3.63) is 71.8 Å². The van der Waals surface area contributed by atoms with Crippen molar-refractivity contribution in [1.82, 2.24) is 0 Å². The fourth-order valence-electron chi connectivity index (χ4n) is 3.01. The van der Waals surface area contributed by atoms with Gasteiger partial charge in [-0.15, -0.1) is 0 Å². The van der Waals surface area contributed by atoms with Crippen molar-refractivity contribution in [2.24, 2.45) is 0 Å². The number of aliphatic hydroxyl groups excluding tert-OH is 5. The molecule has 0 aliphatic rings. The summed E-state index contributed by atoms with van der Waals surface area (Å²) >= 11 is 0. The van der Waals surface area contributed by atoms with E-state index in [0.29, 0.717) is 0 Å². The number of benzene rings is 2. The summed E-state index contributed by atoms with van der Waals surface area (Å²) in [5, 5.41) is 60.5. The minimum atomic E-state index is -1.84. The highest BCUT2D eigenvalue weighted by molar-refractivity contribution is 5.23. The van der Waals surface area contributed by atoms with Gasteiger partial charge in [0, 0.05) is 12.8 Å². The summed E-state index contributed by atoms with van der Waals surface area (Å²) in [6.07, 6.45) is -6.95. The number of aliphatic hydroxyl groups is 6. The van der Waals surface area contributed by atoms with Crippen LogP contribution >= 0.6 is 0 Å². The summed E-state index contributed by atoms with van der Waals surface area (Å²) in [5.74, 6) is 0. The predicted octanol–water partition coefficient (Wildman–Crippen LogP) is -0.361. The van der Waals surface area contributed by atoms with Gasteiger partial charge in [0.05, 0.1) is 6.61 Å². The van der Waals surface area contributed by atoms with Crippen molar-refractivity contribution in [3.8, 4) is 0 Å². The lowest BCUT2D eigenvalue weighted by Gasteiger charge is -2.38. The number of hydrogen-bond acceptors (Lipinski definition) is 6. The third kappa shape index (κ3) is 5.11. The zero-order chi connectivity index (χ0) is 19.2. The second kappa shape index (κ2) is 9.23. The zero-order valence-corrected chi connectivity index (χ0v) is 14.4. The van der Waals surface area contributed by atoms with Gasteiger partial charge in [0.1, 0.15) is 30.0 Å². The molecule has 0 bridgehead atoms. The summed E-state index contributed by atoms with van der Waals surface area (Å²) in [6, 6.07) is 18.0. The monoisotopic (exact) mass is 362 g/mol. The predicted molar refractivity (Wildman–Crippen MR) is 96.4 cm³/mol. The average Bonchev–Trinajstić information content (AvgIpc) is 2.67. The molecule has 2 rings (SSSR count). The molecule has 0 saturated heterocycles. The molecule has 0 amide bonds. The molecule has 2 aromatic rings. The van der Waals surface area contributed by atoms with Crippen LogP contribution in [0.2, 0.25) is 0 Å². The van der Waals surface area contributed by atoms with E-state index in [9.17, 15) is 25.5 Å². The highest BCUT2D eigenvalue weighted by Gasteiger charge is 2.44. The second-order valence-corrected chi connectivity index (χ2v) is 6.60. The summed E-state index contributed by atoms with van der Waals surface area (Å²) in [7, 11) is 0. The average molecular weight is 362 g/mol. The van der Waals surface area contributed by atoms with Crippen molar-refractivity contribution in [2.45, 2.75) is 42.9 Å². The normalized spacial score (nSPS) is 16.7. The molecular formula is C20H26O6. The molecular weight excluding hydrogens is 336 g/mol. The van der Waals surface area contributed by atoms with E-state index in [1.54, 1.807) is 48.5 Å². The standard InChI is InChI=1S/C20H26O6/c21-13-16(22)17(23)18(24)19(25)20(26,11-14-7-3-1-4-8-14)12-15-9-5-2-6-10-15/h1-10,16-19,21-26H,11-13H2. The second-order valence-electron chi connectivity index (χ2n) is 6.60. The molecule has 6 nitrogen and oxygen atoms in total. The van der Waals surface area contributed by atoms with Gasteiger partial charge < -0.3 is 30.6 Å². The third-order valence-electron chi connectivity index (χ3n) is 4.51. The van der Waals surface area contributed by atoms with Gasteiger partial charge in [-0.3, -0.25) is 0 Å². The summed E-state index contributed by atoms with van der Waals surface area (Å²) in [6.45, 7) is -0.777. The molecule has 0 aromatic heterocycles. The lowest BCUT2D eigenvalue weighted by molar-refractivity contribution is -0.172. The van der Waals surface area contributed by atoms with Gasteiger partial charge in [-0.2, -0.15) is 0 Å². The maximum atomic E-state index is 11.2. The molecule has 0 aliphatic carbocycles. The van der Waals surface area contributed by atoms with Gasteiger partial charge in [-0.05, 0) is 11.1 Å². The Kier molecular flexibility index (Phi) is 7.28. The van der Waals surface area contributed by atoms with Crippen LogP contribution in [-0.2, 0) is 12.8 Å². The van der Waals surface area contributed by atoms with Gasteiger partial charge in [0.25, 0.3) is 0 Å². The van der Waals surface area contributed by atoms with Crippen molar-refractivity contribution in [2.75, 3.05) is 6.61 Å². The Morgan fingerprint density at radius 2 is 1.12 bits per heavy atom. The first-order valence-electron chi connectivity index (χ1n) is 8.51. The topological polar surface area (TPSA) is 121 Å². The third-order valence-corrected chi connectivity index (χ3v) is 4.51. The zero-order valence-electron chi connectivity index (χ0n) is 14.4. The van der Waals surface area contributed by atoms with E-state index in [1.807, 2.05) is 12.1 Å². The molecule has 0 heterocycles. The molecule has 0 aliphatic heterocycles. The van der Waals surface area contributed by atoms with Crippen LogP contribution in [0.5, 0.6) is 0 Å². The highest BCUT2D eigenvalue weighted by Crippen LogP contribution is 2.26. The molecule has 2 aromatic carbocycles. The highest BCUT2D eigenvalue weighted by atomic mass is 16.4. The minimum Gasteiger partial charge on any atom is -0.394 e. The van der Waals surface area contributed by atoms with E-state index in [1.165, 1.54) is 0 Å². The van der Waals surface area contributed by atoms with E-state index in [-0.39, 0.29) is 12.8 Å². The summed E-state index contributed by atoms with van der Waals surface area (Å²) in [4.78, 5) is 0. The van der Waals surface area contributed by atoms with E-state index in [4.69, 9.17) is 5.11 Å². The Hall–Kier alpha value is -1.80. The lowest BCUT2D eigenvalue weighted by Crippen LogP contribution is -2.57. The molecule has 6 heteroatoms. The molecule has 142 valence electrons. The Balaban J connectivity index is 2.29. The maximum absolute atomic E-state index is 11.2. The minimum absolute atomic E-state index is 0.0307.